The van der Waals surface area contributed by atoms with Crippen LogP contribution in [0.5, 0.6) is 0 Å². The second-order valence-electron chi connectivity index (χ2n) is 4.94. The number of amides is 2. The number of hydrazone groups is 1. The molecule has 2 amide bonds. The van der Waals surface area contributed by atoms with E-state index in [4.69, 9.17) is 11.6 Å². The minimum absolute atomic E-state index is 0.355. The topological polar surface area (TPSA) is 70.6 Å². The van der Waals surface area contributed by atoms with E-state index in [1.807, 2.05) is 31.2 Å². The van der Waals surface area contributed by atoms with Gasteiger partial charge in [0.15, 0.2) is 0 Å². The molecule has 0 aromatic heterocycles. The molecule has 118 valence electrons. The summed E-state index contributed by atoms with van der Waals surface area (Å²) >= 11 is 5.92. The first-order valence-electron chi connectivity index (χ1n) is 6.94. The maximum absolute atomic E-state index is 11.8. The van der Waals surface area contributed by atoms with Crippen molar-refractivity contribution < 1.29 is 9.59 Å². The van der Waals surface area contributed by atoms with Crippen molar-refractivity contribution in [2.45, 2.75) is 13.8 Å². The highest BCUT2D eigenvalue weighted by Gasteiger charge is 2.14. The first-order valence-corrected chi connectivity index (χ1v) is 7.32. The SMILES string of the molecule is C/C(=N\NC(=O)C(=O)Nc1ccccc1Cl)c1ccc(C)cc1. The number of nitrogens with zero attached hydrogens (tertiary/aromatic N) is 1. The zero-order valence-corrected chi connectivity index (χ0v) is 13.5. The molecule has 0 bridgehead atoms. The van der Waals surface area contributed by atoms with Gasteiger partial charge in [-0.1, -0.05) is 53.6 Å². The third kappa shape index (κ3) is 4.66. The molecule has 0 unspecified atom stereocenters. The summed E-state index contributed by atoms with van der Waals surface area (Å²) in [4.78, 5) is 23.6. The number of benzene rings is 2. The normalized spacial score (nSPS) is 11.0. The van der Waals surface area contributed by atoms with Gasteiger partial charge < -0.3 is 5.32 Å². The lowest BCUT2D eigenvalue weighted by Gasteiger charge is -2.06. The summed E-state index contributed by atoms with van der Waals surface area (Å²) in [6, 6.07) is 14.3. The Hall–Kier alpha value is -2.66. The highest BCUT2D eigenvalue weighted by molar-refractivity contribution is 6.41. The molecule has 2 rings (SSSR count). The van der Waals surface area contributed by atoms with Crippen LogP contribution in [0.3, 0.4) is 0 Å². The number of anilines is 1. The Morgan fingerprint density at radius 2 is 1.65 bits per heavy atom. The molecule has 0 aliphatic heterocycles. The molecule has 0 spiro atoms. The molecule has 2 aromatic carbocycles. The Morgan fingerprint density at radius 1 is 1.00 bits per heavy atom. The van der Waals surface area contributed by atoms with Crippen molar-refractivity contribution in [2.75, 3.05) is 5.32 Å². The Bertz CT molecular complexity index is 755. The minimum atomic E-state index is -0.864. The number of carbonyl (C=O) groups excluding carboxylic acids is 2. The lowest BCUT2D eigenvalue weighted by atomic mass is 10.1. The van der Waals surface area contributed by atoms with E-state index in [1.165, 1.54) is 0 Å². The molecule has 0 aliphatic carbocycles. The first-order chi connectivity index (χ1) is 11.0. The van der Waals surface area contributed by atoms with Gasteiger partial charge >= 0.3 is 11.8 Å². The average molecular weight is 330 g/mol. The maximum atomic E-state index is 11.8. The predicted octanol–water partition coefficient (Wildman–Crippen LogP) is 3.13. The number of aryl methyl sites for hydroxylation is 1. The van der Waals surface area contributed by atoms with Crippen LogP contribution >= 0.6 is 11.6 Å². The van der Waals surface area contributed by atoms with E-state index >= 15 is 0 Å². The van der Waals surface area contributed by atoms with Gasteiger partial charge in [-0.05, 0) is 31.5 Å². The lowest BCUT2D eigenvalue weighted by Crippen LogP contribution is -2.33. The molecule has 0 saturated carbocycles. The second kappa shape index (κ2) is 7.56. The van der Waals surface area contributed by atoms with Crippen molar-refractivity contribution in [3.8, 4) is 0 Å². The van der Waals surface area contributed by atoms with Crippen LogP contribution in [-0.4, -0.2) is 17.5 Å². The summed E-state index contributed by atoms with van der Waals surface area (Å²) in [5.41, 5.74) is 5.19. The standard InChI is InChI=1S/C17H16ClN3O2/c1-11-7-9-13(10-8-11)12(2)20-21-17(23)16(22)19-15-6-4-3-5-14(15)18/h3-10H,1-2H3,(H,19,22)(H,21,23)/b20-12+. The van der Waals surface area contributed by atoms with Crippen LogP contribution in [-0.2, 0) is 9.59 Å². The van der Waals surface area contributed by atoms with Gasteiger partial charge in [0.05, 0.1) is 16.4 Å². The van der Waals surface area contributed by atoms with E-state index in [1.54, 1.807) is 31.2 Å². The van der Waals surface area contributed by atoms with Crippen LogP contribution in [0.15, 0.2) is 53.6 Å². The molecule has 0 fully saturated rings. The molecule has 0 atom stereocenters. The van der Waals surface area contributed by atoms with Gasteiger partial charge in [0, 0.05) is 0 Å². The van der Waals surface area contributed by atoms with Gasteiger partial charge in [-0.2, -0.15) is 5.10 Å². The predicted molar refractivity (Wildman–Crippen MR) is 91.6 cm³/mol. The van der Waals surface area contributed by atoms with Gasteiger partial charge in [-0.3, -0.25) is 9.59 Å². The van der Waals surface area contributed by atoms with Crippen LogP contribution in [0.2, 0.25) is 5.02 Å². The van der Waals surface area contributed by atoms with E-state index in [2.05, 4.69) is 15.8 Å². The Balaban J connectivity index is 1.98. The third-order valence-electron chi connectivity index (χ3n) is 3.12. The number of halogens is 1. The Kier molecular flexibility index (Phi) is 5.49. The number of nitrogens with one attached hydrogen (secondary N) is 2. The van der Waals surface area contributed by atoms with Gasteiger partial charge in [0.25, 0.3) is 0 Å². The Labute approximate surface area is 139 Å². The molecule has 5 nitrogen and oxygen atoms in total. The van der Waals surface area contributed by atoms with Crippen LogP contribution in [0, 0.1) is 6.92 Å². The summed E-state index contributed by atoms with van der Waals surface area (Å²) in [5.74, 6) is -1.70. The van der Waals surface area contributed by atoms with E-state index in [-0.39, 0.29) is 0 Å². The van der Waals surface area contributed by atoms with Gasteiger partial charge in [0.2, 0.25) is 0 Å². The first kappa shape index (κ1) is 16.7. The molecule has 0 saturated heterocycles. The van der Waals surface area contributed by atoms with Gasteiger partial charge in [0.1, 0.15) is 0 Å². The molecular weight excluding hydrogens is 314 g/mol. The van der Waals surface area contributed by atoms with E-state index < -0.39 is 11.8 Å². The molecule has 23 heavy (non-hydrogen) atoms. The monoisotopic (exact) mass is 329 g/mol. The fourth-order valence-electron chi connectivity index (χ4n) is 1.79. The lowest BCUT2D eigenvalue weighted by molar-refractivity contribution is -0.136. The summed E-state index contributed by atoms with van der Waals surface area (Å²) in [7, 11) is 0. The molecule has 6 heteroatoms. The number of para-hydroxylation sites is 1. The number of hydrogen-bond acceptors (Lipinski definition) is 3. The fraction of sp³-hybridized carbons (Fsp3) is 0.118. The highest BCUT2D eigenvalue weighted by atomic mass is 35.5. The van der Waals surface area contributed by atoms with Crippen molar-refractivity contribution >= 4 is 34.8 Å². The van der Waals surface area contributed by atoms with Crippen LogP contribution in [0.4, 0.5) is 5.69 Å². The third-order valence-corrected chi connectivity index (χ3v) is 3.45. The van der Waals surface area contributed by atoms with Crippen LogP contribution < -0.4 is 10.7 Å². The summed E-state index contributed by atoms with van der Waals surface area (Å²) < 4.78 is 0. The highest BCUT2D eigenvalue weighted by Crippen LogP contribution is 2.20. The maximum Gasteiger partial charge on any atom is 0.329 e. The molecule has 2 N–H and O–H groups in total. The van der Waals surface area contributed by atoms with Gasteiger partial charge in [-0.15, -0.1) is 0 Å². The van der Waals surface area contributed by atoms with E-state index in [0.29, 0.717) is 16.4 Å². The second-order valence-corrected chi connectivity index (χ2v) is 5.35. The minimum Gasteiger partial charge on any atom is -0.316 e. The average Bonchev–Trinajstić information content (AvgIpc) is 2.55. The number of carbonyl (C=O) groups is 2. The molecule has 0 aliphatic rings. The fourth-order valence-corrected chi connectivity index (χ4v) is 1.97. The molecule has 2 aromatic rings. The van der Waals surface area contributed by atoms with Crippen molar-refractivity contribution in [3.05, 3.63) is 64.7 Å². The molecule has 0 radical (unpaired) electrons. The summed E-state index contributed by atoms with van der Waals surface area (Å²) in [6.07, 6.45) is 0. The van der Waals surface area contributed by atoms with E-state index in [0.717, 1.165) is 11.1 Å². The van der Waals surface area contributed by atoms with Gasteiger partial charge in [-0.25, -0.2) is 5.43 Å². The van der Waals surface area contributed by atoms with E-state index in [9.17, 15) is 9.59 Å². The van der Waals surface area contributed by atoms with Crippen molar-refractivity contribution in [2.24, 2.45) is 5.10 Å². The molecule has 0 heterocycles. The zero-order valence-electron chi connectivity index (χ0n) is 12.8. The zero-order chi connectivity index (χ0) is 16.8. The smallest absolute Gasteiger partial charge is 0.316 e. The summed E-state index contributed by atoms with van der Waals surface area (Å²) in [6.45, 7) is 3.73. The van der Waals surface area contributed by atoms with Crippen molar-refractivity contribution in [1.82, 2.24) is 5.43 Å². The largest absolute Gasteiger partial charge is 0.329 e. The van der Waals surface area contributed by atoms with Crippen molar-refractivity contribution in [3.63, 3.8) is 0 Å². The number of hydrogen-bond donors (Lipinski definition) is 2. The van der Waals surface area contributed by atoms with Crippen molar-refractivity contribution in [1.29, 1.82) is 0 Å². The van der Waals surface area contributed by atoms with Crippen LogP contribution in [0.1, 0.15) is 18.1 Å². The van der Waals surface area contributed by atoms with Crippen LogP contribution in [0.25, 0.3) is 0 Å². The number of rotatable bonds is 3. The molecular formula is C17H16ClN3O2. The Morgan fingerprint density at radius 3 is 2.30 bits per heavy atom. The summed E-state index contributed by atoms with van der Waals surface area (Å²) in [5, 5.41) is 6.72. The quantitative estimate of drug-likeness (QED) is 0.516.